The summed E-state index contributed by atoms with van der Waals surface area (Å²) in [5, 5.41) is 14.6. The summed E-state index contributed by atoms with van der Waals surface area (Å²) in [6.45, 7) is 2.68. The van der Waals surface area contributed by atoms with Gasteiger partial charge in [0.1, 0.15) is 5.70 Å². The molecule has 1 aromatic heterocycles. The van der Waals surface area contributed by atoms with Crippen molar-refractivity contribution in [2.45, 2.75) is 20.0 Å². The Bertz CT molecular complexity index is 1480. The van der Waals surface area contributed by atoms with Gasteiger partial charge in [-0.1, -0.05) is 60.2 Å². The number of nitro groups is 1. The zero-order valence-electron chi connectivity index (χ0n) is 19.0. The van der Waals surface area contributed by atoms with E-state index in [1.165, 1.54) is 17.0 Å². The lowest BCUT2D eigenvalue weighted by Crippen LogP contribution is -2.30. The number of para-hydroxylation sites is 1. The smallest absolute Gasteiger partial charge is 0.329 e. The lowest BCUT2D eigenvalue weighted by molar-refractivity contribution is -0.384. The molecular formula is C27H22N4O4. The zero-order chi connectivity index (χ0) is 24.5. The number of amides is 3. The lowest BCUT2D eigenvalue weighted by Gasteiger charge is -2.11. The van der Waals surface area contributed by atoms with Crippen LogP contribution in [-0.4, -0.2) is 26.3 Å². The molecule has 0 radical (unpaired) electrons. The van der Waals surface area contributed by atoms with E-state index in [-0.39, 0.29) is 23.8 Å². The van der Waals surface area contributed by atoms with Crippen molar-refractivity contribution in [2.24, 2.45) is 0 Å². The van der Waals surface area contributed by atoms with Gasteiger partial charge in [0.05, 0.1) is 11.5 Å². The molecule has 0 aliphatic carbocycles. The van der Waals surface area contributed by atoms with Gasteiger partial charge >= 0.3 is 6.03 Å². The number of nitro benzene ring substituents is 1. The van der Waals surface area contributed by atoms with Gasteiger partial charge in [0, 0.05) is 41.3 Å². The third-order valence-electron chi connectivity index (χ3n) is 6.04. The molecule has 5 rings (SSSR count). The molecule has 3 aromatic carbocycles. The van der Waals surface area contributed by atoms with Crippen LogP contribution >= 0.6 is 0 Å². The van der Waals surface area contributed by atoms with E-state index in [2.05, 4.69) is 5.32 Å². The van der Waals surface area contributed by atoms with Gasteiger partial charge in [-0.15, -0.1) is 0 Å². The highest BCUT2D eigenvalue weighted by atomic mass is 16.6. The van der Waals surface area contributed by atoms with Crippen molar-refractivity contribution >= 4 is 34.6 Å². The van der Waals surface area contributed by atoms with Crippen LogP contribution in [0.2, 0.25) is 0 Å². The van der Waals surface area contributed by atoms with Crippen LogP contribution in [0.1, 0.15) is 22.3 Å². The van der Waals surface area contributed by atoms with Gasteiger partial charge in [-0.25, -0.2) is 4.79 Å². The van der Waals surface area contributed by atoms with Crippen LogP contribution < -0.4 is 5.32 Å². The summed E-state index contributed by atoms with van der Waals surface area (Å²) < 4.78 is 2.02. The van der Waals surface area contributed by atoms with E-state index in [4.69, 9.17) is 0 Å². The molecule has 0 bridgehead atoms. The van der Waals surface area contributed by atoms with E-state index in [1.54, 1.807) is 18.2 Å². The number of urea groups is 1. The number of fused-ring (bicyclic) bond motifs is 1. The molecule has 8 nitrogen and oxygen atoms in total. The normalized spacial score (nSPS) is 14.7. The van der Waals surface area contributed by atoms with Gasteiger partial charge in [-0.3, -0.25) is 19.8 Å². The van der Waals surface area contributed by atoms with E-state index < -0.39 is 11.0 Å². The second-order valence-corrected chi connectivity index (χ2v) is 8.52. The maximum absolute atomic E-state index is 13.0. The van der Waals surface area contributed by atoms with Gasteiger partial charge in [-0.2, -0.15) is 0 Å². The van der Waals surface area contributed by atoms with Crippen molar-refractivity contribution in [3.05, 3.63) is 117 Å². The molecule has 0 unspecified atom stereocenters. The largest absolute Gasteiger partial charge is 0.342 e. The lowest BCUT2D eigenvalue weighted by atomic mass is 10.1. The first-order chi connectivity index (χ1) is 16.9. The molecule has 1 N–H and O–H groups in total. The van der Waals surface area contributed by atoms with E-state index in [9.17, 15) is 19.7 Å². The SMILES string of the molecule is Cc1ccc(CN2C(=O)N/C(=C/c3cn(Cc4ccc([N+](=O)[O-])cc4)c4ccccc34)C2=O)cc1. The Morgan fingerprint density at radius 2 is 1.57 bits per heavy atom. The predicted octanol–water partition coefficient (Wildman–Crippen LogP) is 5.00. The number of nitrogens with zero attached hydrogens (tertiary/aromatic N) is 3. The second kappa shape index (κ2) is 8.90. The fourth-order valence-electron chi connectivity index (χ4n) is 4.19. The third-order valence-corrected chi connectivity index (χ3v) is 6.04. The number of aromatic nitrogens is 1. The van der Waals surface area contributed by atoms with Crippen molar-refractivity contribution in [1.29, 1.82) is 0 Å². The number of hydrogen-bond acceptors (Lipinski definition) is 4. The van der Waals surface area contributed by atoms with Gasteiger partial charge in [0.2, 0.25) is 0 Å². The topological polar surface area (TPSA) is 97.5 Å². The summed E-state index contributed by atoms with van der Waals surface area (Å²) in [5.41, 5.74) is 4.90. The Kier molecular flexibility index (Phi) is 5.62. The van der Waals surface area contributed by atoms with Crippen LogP contribution in [0.25, 0.3) is 17.0 Å². The number of benzene rings is 3. The minimum atomic E-state index is -0.448. The Labute approximate surface area is 201 Å². The van der Waals surface area contributed by atoms with Crippen molar-refractivity contribution < 1.29 is 14.5 Å². The minimum absolute atomic E-state index is 0.0437. The van der Waals surface area contributed by atoms with Gasteiger partial charge < -0.3 is 9.88 Å². The quantitative estimate of drug-likeness (QED) is 0.187. The maximum Gasteiger partial charge on any atom is 0.329 e. The van der Waals surface area contributed by atoms with Gasteiger partial charge in [-0.05, 0) is 30.2 Å². The summed E-state index contributed by atoms with van der Waals surface area (Å²) in [6, 6.07) is 21.5. The Morgan fingerprint density at radius 1 is 0.914 bits per heavy atom. The fourth-order valence-corrected chi connectivity index (χ4v) is 4.19. The number of carbonyl (C=O) groups is 2. The summed E-state index contributed by atoms with van der Waals surface area (Å²) >= 11 is 0. The molecule has 174 valence electrons. The second-order valence-electron chi connectivity index (χ2n) is 8.52. The number of imide groups is 1. The standard InChI is InChI=1S/C27H22N4O4/c1-18-6-8-20(9-7-18)16-30-26(32)24(28-27(30)33)14-21-17-29(25-5-3-2-4-23(21)25)15-19-10-12-22(13-11-19)31(34)35/h2-14,17H,15-16H2,1H3,(H,28,33)/b24-14+. The van der Waals surface area contributed by atoms with Crippen LogP contribution in [0, 0.1) is 17.0 Å². The maximum atomic E-state index is 13.0. The molecule has 3 amide bonds. The fraction of sp³-hybridized carbons (Fsp3) is 0.111. The first-order valence-electron chi connectivity index (χ1n) is 11.1. The number of rotatable bonds is 6. The number of hydrogen-bond donors (Lipinski definition) is 1. The zero-order valence-corrected chi connectivity index (χ0v) is 19.0. The molecule has 1 aliphatic heterocycles. The molecule has 1 saturated heterocycles. The van der Waals surface area contributed by atoms with Gasteiger partial charge in [0.15, 0.2) is 0 Å². The molecule has 1 fully saturated rings. The van der Waals surface area contributed by atoms with Crippen LogP contribution in [0.15, 0.2) is 84.7 Å². The van der Waals surface area contributed by atoms with Crippen LogP contribution in [0.4, 0.5) is 10.5 Å². The van der Waals surface area contributed by atoms with Crippen molar-refractivity contribution in [3.63, 3.8) is 0 Å². The Balaban J connectivity index is 1.43. The molecule has 4 aromatic rings. The van der Waals surface area contributed by atoms with E-state index in [0.29, 0.717) is 6.54 Å². The molecule has 2 heterocycles. The molecule has 0 saturated carbocycles. The van der Waals surface area contributed by atoms with Gasteiger partial charge in [0.25, 0.3) is 11.6 Å². The van der Waals surface area contributed by atoms with E-state index in [0.717, 1.165) is 33.2 Å². The summed E-state index contributed by atoms with van der Waals surface area (Å²) in [4.78, 5) is 37.3. The van der Waals surface area contributed by atoms with Crippen LogP contribution in [-0.2, 0) is 17.9 Å². The first-order valence-corrected chi connectivity index (χ1v) is 11.1. The molecule has 35 heavy (non-hydrogen) atoms. The number of aryl methyl sites for hydroxylation is 1. The monoisotopic (exact) mass is 466 g/mol. The highest BCUT2D eigenvalue weighted by molar-refractivity contribution is 6.14. The van der Waals surface area contributed by atoms with Crippen molar-refractivity contribution in [2.75, 3.05) is 0 Å². The molecule has 0 atom stereocenters. The number of non-ortho nitro benzene ring substituents is 1. The molecule has 8 heteroatoms. The predicted molar refractivity (Wildman–Crippen MR) is 132 cm³/mol. The van der Waals surface area contributed by atoms with Crippen LogP contribution in [0.3, 0.4) is 0 Å². The number of nitrogens with one attached hydrogen (secondary N) is 1. The highest BCUT2D eigenvalue weighted by Gasteiger charge is 2.33. The summed E-state index contributed by atoms with van der Waals surface area (Å²) in [5.74, 6) is -0.372. The van der Waals surface area contributed by atoms with E-state index >= 15 is 0 Å². The molecular weight excluding hydrogens is 444 g/mol. The number of carbonyl (C=O) groups excluding carboxylic acids is 2. The van der Waals surface area contributed by atoms with Crippen molar-refractivity contribution in [1.82, 2.24) is 14.8 Å². The Hall–Kier alpha value is -4.72. The first kappa shape index (κ1) is 22.1. The summed E-state index contributed by atoms with van der Waals surface area (Å²) in [6.07, 6.45) is 3.62. The Morgan fingerprint density at radius 3 is 2.29 bits per heavy atom. The third kappa shape index (κ3) is 4.41. The van der Waals surface area contributed by atoms with Crippen LogP contribution in [0.5, 0.6) is 0 Å². The summed E-state index contributed by atoms with van der Waals surface area (Å²) in [7, 11) is 0. The molecule has 1 aliphatic rings. The average Bonchev–Trinajstić information content (AvgIpc) is 3.32. The van der Waals surface area contributed by atoms with E-state index in [1.807, 2.05) is 66.2 Å². The molecule has 0 spiro atoms. The van der Waals surface area contributed by atoms with Crippen molar-refractivity contribution in [3.8, 4) is 0 Å². The minimum Gasteiger partial charge on any atom is -0.342 e. The highest BCUT2D eigenvalue weighted by Crippen LogP contribution is 2.26. The average molecular weight is 466 g/mol.